The number of rotatable bonds is 5. The van der Waals surface area contributed by atoms with E-state index in [0.717, 1.165) is 24.6 Å². The van der Waals surface area contributed by atoms with Gasteiger partial charge in [0.2, 0.25) is 5.91 Å². The van der Waals surface area contributed by atoms with Gasteiger partial charge in [-0.3, -0.25) is 4.79 Å². The Bertz CT molecular complexity index is 471. The molecule has 2 rings (SSSR count). The minimum atomic E-state index is -0.534. The van der Waals surface area contributed by atoms with Crippen molar-refractivity contribution in [3.8, 4) is 0 Å². The van der Waals surface area contributed by atoms with Gasteiger partial charge in [0.1, 0.15) is 5.54 Å². The van der Waals surface area contributed by atoms with Crippen LogP contribution in [0.4, 0.5) is 5.13 Å². The van der Waals surface area contributed by atoms with Gasteiger partial charge in [-0.2, -0.15) is 0 Å². The molecule has 112 valence electrons. The smallest absolute Gasteiger partial charge is 0.245 e. The predicted molar refractivity (Wildman–Crippen MR) is 83.3 cm³/mol. The third-order valence-corrected chi connectivity index (χ3v) is 4.92. The minimum absolute atomic E-state index is 0.0673. The molecule has 6 heteroatoms. The minimum Gasteiger partial charge on any atom is -0.352 e. The van der Waals surface area contributed by atoms with Gasteiger partial charge in [0.05, 0.1) is 0 Å². The molecule has 0 saturated carbocycles. The van der Waals surface area contributed by atoms with Crippen LogP contribution in [0.25, 0.3) is 0 Å². The van der Waals surface area contributed by atoms with Gasteiger partial charge < -0.3 is 15.5 Å². The van der Waals surface area contributed by atoms with E-state index in [-0.39, 0.29) is 5.91 Å². The Labute approximate surface area is 124 Å². The van der Waals surface area contributed by atoms with E-state index in [4.69, 9.17) is 0 Å². The number of carbonyl (C=O) groups excluding carboxylic acids is 1. The van der Waals surface area contributed by atoms with Gasteiger partial charge in [-0.15, -0.1) is 11.3 Å². The van der Waals surface area contributed by atoms with E-state index in [9.17, 15) is 4.79 Å². The number of hydrogen-bond acceptors (Lipinski definition) is 5. The van der Waals surface area contributed by atoms with Crippen LogP contribution in [0.3, 0.4) is 0 Å². The normalized spacial score (nSPS) is 19.8. The second kappa shape index (κ2) is 6.10. The first kappa shape index (κ1) is 15.3. The standard InChI is InChI=1S/C14H24N4OS/c1-5-6-15-10(2)11-9-17-13(20-11)18-8-7-16-12(19)14(18,3)4/h9-10,15H,5-8H2,1-4H3,(H,16,19). The van der Waals surface area contributed by atoms with Gasteiger partial charge in [-0.25, -0.2) is 4.98 Å². The summed E-state index contributed by atoms with van der Waals surface area (Å²) in [5, 5.41) is 7.32. The Morgan fingerprint density at radius 2 is 2.35 bits per heavy atom. The summed E-state index contributed by atoms with van der Waals surface area (Å²) < 4.78 is 0. The summed E-state index contributed by atoms with van der Waals surface area (Å²) in [6, 6.07) is 0.308. The molecule has 1 unspecified atom stereocenters. The quantitative estimate of drug-likeness (QED) is 0.871. The average Bonchev–Trinajstić information content (AvgIpc) is 2.88. The monoisotopic (exact) mass is 296 g/mol. The second-order valence-corrected chi connectivity index (χ2v) is 6.73. The van der Waals surface area contributed by atoms with Crippen LogP contribution in [-0.2, 0) is 4.79 Å². The Morgan fingerprint density at radius 1 is 1.60 bits per heavy atom. The van der Waals surface area contributed by atoms with E-state index in [1.165, 1.54) is 4.88 Å². The van der Waals surface area contributed by atoms with Crippen LogP contribution < -0.4 is 15.5 Å². The van der Waals surface area contributed by atoms with E-state index in [1.807, 2.05) is 20.0 Å². The number of carbonyl (C=O) groups is 1. The van der Waals surface area contributed by atoms with Crippen molar-refractivity contribution >= 4 is 22.4 Å². The highest BCUT2D eigenvalue weighted by atomic mass is 32.1. The molecule has 0 bridgehead atoms. The maximum atomic E-state index is 12.0. The molecule has 1 saturated heterocycles. The number of nitrogens with zero attached hydrogens (tertiary/aromatic N) is 2. The van der Waals surface area contributed by atoms with E-state index < -0.39 is 5.54 Å². The molecule has 2 heterocycles. The lowest BCUT2D eigenvalue weighted by atomic mass is 10.00. The molecule has 1 aromatic rings. The fraction of sp³-hybridized carbons (Fsp3) is 0.714. The fourth-order valence-electron chi connectivity index (χ4n) is 2.30. The highest BCUT2D eigenvalue weighted by Gasteiger charge is 2.39. The summed E-state index contributed by atoms with van der Waals surface area (Å²) in [7, 11) is 0. The van der Waals surface area contributed by atoms with Crippen LogP contribution in [-0.4, -0.2) is 36.1 Å². The van der Waals surface area contributed by atoms with Gasteiger partial charge in [0, 0.05) is 30.2 Å². The highest BCUT2D eigenvalue weighted by Crippen LogP contribution is 2.32. The first-order chi connectivity index (χ1) is 9.46. The molecule has 0 spiro atoms. The van der Waals surface area contributed by atoms with E-state index in [2.05, 4.69) is 34.4 Å². The Morgan fingerprint density at radius 3 is 3.05 bits per heavy atom. The lowest BCUT2D eigenvalue weighted by Crippen LogP contribution is -2.62. The number of aromatic nitrogens is 1. The molecule has 0 radical (unpaired) electrons. The van der Waals surface area contributed by atoms with Crippen LogP contribution in [0.2, 0.25) is 0 Å². The van der Waals surface area contributed by atoms with Crippen LogP contribution in [0.1, 0.15) is 45.0 Å². The highest BCUT2D eigenvalue weighted by molar-refractivity contribution is 7.15. The summed E-state index contributed by atoms with van der Waals surface area (Å²) in [4.78, 5) is 19.8. The first-order valence-corrected chi connectivity index (χ1v) is 8.03. The predicted octanol–water partition coefficient (Wildman–Crippen LogP) is 1.92. The van der Waals surface area contributed by atoms with Crippen molar-refractivity contribution in [1.29, 1.82) is 0 Å². The molecule has 20 heavy (non-hydrogen) atoms. The summed E-state index contributed by atoms with van der Waals surface area (Å²) in [6.45, 7) is 10.7. The van der Waals surface area contributed by atoms with Gasteiger partial charge >= 0.3 is 0 Å². The van der Waals surface area contributed by atoms with Crippen molar-refractivity contribution in [2.45, 2.75) is 45.7 Å². The SMILES string of the molecule is CCCNC(C)c1cnc(N2CCNC(=O)C2(C)C)s1. The summed E-state index contributed by atoms with van der Waals surface area (Å²) in [6.07, 6.45) is 3.05. The topological polar surface area (TPSA) is 57.3 Å². The van der Waals surface area contributed by atoms with Crippen molar-refractivity contribution in [1.82, 2.24) is 15.6 Å². The molecule has 1 amide bonds. The largest absolute Gasteiger partial charge is 0.352 e. The summed E-state index contributed by atoms with van der Waals surface area (Å²) >= 11 is 1.67. The van der Waals surface area contributed by atoms with Crippen LogP contribution in [0.5, 0.6) is 0 Å². The lowest BCUT2D eigenvalue weighted by Gasteiger charge is -2.41. The van der Waals surface area contributed by atoms with Crippen molar-refractivity contribution in [3.05, 3.63) is 11.1 Å². The molecule has 0 aliphatic carbocycles. The number of anilines is 1. The molecule has 2 N–H and O–H groups in total. The average molecular weight is 296 g/mol. The number of piperazine rings is 1. The maximum absolute atomic E-state index is 12.0. The van der Waals surface area contributed by atoms with Crippen molar-refractivity contribution in [2.75, 3.05) is 24.5 Å². The molecular formula is C14H24N4OS. The third kappa shape index (κ3) is 2.96. The molecular weight excluding hydrogens is 272 g/mol. The van der Waals surface area contributed by atoms with E-state index >= 15 is 0 Å². The summed E-state index contributed by atoms with van der Waals surface area (Å²) in [5.74, 6) is 0.0673. The zero-order chi connectivity index (χ0) is 14.8. The molecule has 0 aromatic carbocycles. The number of hydrogen-bond donors (Lipinski definition) is 2. The Kier molecular flexibility index (Phi) is 4.65. The van der Waals surface area contributed by atoms with Crippen LogP contribution in [0, 0.1) is 0 Å². The number of thiazole rings is 1. The van der Waals surface area contributed by atoms with Crippen molar-refractivity contribution < 1.29 is 4.79 Å². The fourth-order valence-corrected chi connectivity index (χ4v) is 3.41. The second-order valence-electron chi connectivity index (χ2n) is 5.69. The van der Waals surface area contributed by atoms with E-state index in [0.29, 0.717) is 12.6 Å². The molecule has 1 atom stereocenters. The van der Waals surface area contributed by atoms with Crippen molar-refractivity contribution in [3.63, 3.8) is 0 Å². The number of nitrogens with one attached hydrogen (secondary N) is 2. The van der Waals surface area contributed by atoms with Crippen LogP contribution >= 0.6 is 11.3 Å². The van der Waals surface area contributed by atoms with Crippen molar-refractivity contribution in [2.24, 2.45) is 0 Å². The Balaban J connectivity index is 2.13. The Hall–Kier alpha value is -1.14. The van der Waals surface area contributed by atoms with Crippen LogP contribution in [0.15, 0.2) is 6.20 Å². The van der Waals surface area contributed by atoms with Gasteiger partial charge in [-0.1, -0.05) is 6.92 Å². The number of amides is 1. The molecule has 5 nitrogen and oxygen atoms in total. The molecule has 1 aliphatic rings. The third-order valence-electron chi connectivity index (χ3n) is 3.72. The van der Waals surface area contributed by atoms with Gasteiger partial charge in [0.15, 0.2) is 5.13 Å². The zero-order valence-corrected chi connectivity index (χ0v) is 13.5. The van der Waals surface area contributed by atoms with E-state index in [1.54, 1.807) is 11.3 Å². The maximum Gasteiger partial charge on any atom is 0.245 e. The van der Waals surface area contributed by atoms with Gasteiger partial charge in [0.25, 0.3) is 0 Å². The molecule has 1 fully saturated rings. The lowest BCUT2D eigenvalue weighted by molar-refractivity contribution is -0.126. The summed E-state index contributed by atoms with van der Waals surface area (Å²) in [5.41, 5.74) is -0.534. The molecule has 1 aromatic heterocycles. The zero-order valence-electron chi connectivity index (χ0n) is 12.7. The molecule has 1 aliphatic heterocycles. The van der Waals surface area contributed by atoms with Gasteiger partial charge in [-0.05, 0) is 33.7 Å². The first-order valence-electron chi connectivity index (χ1n) is 7.22.